The summed E-state index contributed by atoms with van der Waals surface area (Å²) in [5.41, 5.74) is 0. The van der Waals surface area contributed by atoms with Crippen LogP contribution in [-0.4, -0.2) is 34.1 Å². The van der Waals surface area contributed by atoms with Gasteiger partial charge in [0, 0.05) is 29.8 Å². The van der Waals surface area contributed by atoms with Gasteiger partial charge in [-0.1, -0.05) is 0 Å². The number of nitrogens with zero attached hydrogens (tertiary/aromatic N) is 1. The standard InChI is InChI=1S/C6H10NOSi/c8-6-2-1-3-7(6)4-5-9/h1-5H2. The fourth-order valence-corrected chi connectivity index (χ4v) is 1.35. The van der Waals surface area contributed by atoms with Gasteiger partial charge in [0.2, 0.25) is 5.91 Å². The second-order valence-electron chi connectivity index (χ2n) is 2.23. The summed E-state index contributed by atoms with van der Waals surface area (Å²) < 4.78 is 0. The van der Waals surface area contributed by atoms with Gasteiger partial charge in [-0.15, -0.1) is 0 Å². The highest BCUT2D eigenvalue weighted by Crippen LogP contribution is 2.08. The van der Waals surface area contributed by atoms with E-state index in [2.05, 4.69) is 10.2 Å². The smallest absolute Gasteiger partial charge is 0.222 e. The maximum Gasteiger partial charge on any atom is 0.222 e. The molecule has 1 amide bonds. The van der Waals surface area contributed by atoms with Crippen LogP contribution >= 0.6 is 0 Å². The number of likely N-dealkylation sites (tertiary alicyclic amines) is 1. The normalized spacial score (nSPS) is 19.2. The van der Waals surface area contributed by atoms with E-state index >= 15 is 0 Å². The zero-order chi connectivity index (χ0) is 6.69. The predicted octanol–water partition coefficient (Wildman–Crippen LogP) is 0.196. The van der Waals surface area contributed by atoms with Crippen LogP contribution in [0.5, 0.6) is 0 Å². The summed E-state index contributed by atoms with van der Waals surface area (Å²) in [5.74, 6) is 0.313. The first-order chi connectivity index (χ1) is 4.34. The van der Waals surface area contributed by atoms with Crippen LogP contribution in [0.25, 0.3) is 0 Å². The fourth-order valence-electron chi connectivity index (χ4n) is 1.08. The predicted molar refractivity (Wildman–Crippen MR) is 36.4 cm³/mol. The Hall–Kier alpha value is -0.313. The van der Waals surface area contributed by atoms with Crippen LogP contribution in [0.4, 0.5) is 0 Å². The van der Waals surface area contributed by atoms with Crippen LogP contribution in [0.1, 0.15) is 12.8 Å². The SMILES string of the molecule is O=C1CCCN1CC[Si]. The Balaban J connectivity index is 2.31. The lowest BCUT2D eigenvalue weighted by Gasteiger charge is -2.12. The van der Waals surface area contributed by atoms with Gasteiger partial charge in [0.25, 0.3) is 0 Å². The molecule has 1 heterocycles. The molecule has 0 bridgehead atoms. The minimum atomic E-state index is 0.313. The first-order valence-corrected chi connectivity index (χ1v) is 3.97. The lowest BCUT2D eigenvalue weighted by atomic mass is 10.4. The third-order valence-corrected chi connectivity index (χ3v) is 1.78. The molecule has 3 heteroatoms. The van der Waals surface area contributed by atoms with E-state index in [1.807, 2.05) is 4.90 Å². The first-order valence-electron chi connectivity index (χ1n) is 3.27. The number of rotatable bonds is 2. The van der Waals surface area contributed by atoms with Crippen molar-refractivity contribution in [2.24, 2.45) is 0 Å². The lowest BCUT2D eigenvalue weighted by molar-refractivity contribution is -0.127. The van der Waals surface area contributed by atoms with E-state index in [1.165, 1.54) is 0 Å². The molecule has 49 valence electrons. The zero-order valence-corrected chi connectivity index (χ0v) is 6.39. The van der Waals surface area contributed by atoms with E-state index < -0.39 is 0 Å². The topological polar surface area (TPSA) is 20.3 Å². The molecule has 0 aliphatic carbocycles. The lowest BCUT2D eigenvalue weighted by Crippen LogP contribution is -2.25. The maximum atomic E-state index is 10.9. The van der Waals surface area contributed by atoms with Gasteiger partial charge in [0.1, 0.15) is 0 Å². The molecule has 1 fully saturated rings. The van der Waals surface area contributed by atoms with Crippen molar-refractivity contribution in [1.29, 1.82) is 0 Å². The third kappa shape index (κ3) is 1.54. The summed E-state index contributed by atoms with van der Waals surface area (Å²) in [6, 6.07) is 0.895. The van der Waals surface area contributed by atoms with Gasteiger partial charge < -0.3 is 4.90 Å². The average molecular weight is 140 g/mol. The van der Waals surface area contributed by atoms with Crippen LogP contribution in [0, 0.1) is 0 Å². The number of amides is 1. The van der Waals surface area contributed by atoms with Gasteiger partial charge in [-0.2, -0.15) is 0 Å². The van der Waals surface area contributed by atoms with Crippen LogP contribution in [-0.2, 0) is 4.79 Å². The van der Waals surface area contributed by atoms with Crippen LogP contribution in [0.2, 0.25) is 6.04 Å². The highest BCUT2D eigenvalue weighted by Gasteiger charge is 2.17. The molecule has 0 atom stereocenters. The number of hydrogen-bond donors (Lipinski definition) is 0. The van der Waals surface area contributed by atoms with E-state index in [0.29, 0.717) is 5.91 Å². The molecule has 0 aromatic heterocycles. The number of carbonyl (C=O) groups excluding carboxylic acids is 1. The van der Waals surface area contributed by atoms with Gasteiger partial charge in [0.15, 0.2) is 0 Å². The molecule has 0 aromatic carbocycles. The summed E-state index contributed by atoms with van der Waals surface area (Å²) in [7, 11) is 3.34. The second kappa shape index (κ2) is 3.01. The molecule has 0 spiro atoms. The zero-order valence-electron chi connectivity index (χ0n) is 5.39. The van der Waals surface area contributed by atoms with Crippen molar-refractivity contribution in [3.63, 3.8) is 0 Å². The largest absolute Gasteiger partial charge is 0.343 e. The molecular weight excluding hydrogens is 130 g/mol. The summed E-state index contributed by atoms with van der Waals surface area (Å²) in [4.78, 5) is 12.8. The summed E-state index contributed by atoms with van der Waals surface area (Å²) in [6.45, 7) is 1.83. The molecule has 0 unspecified atom stereocenters. The quantitative estimate of drug-likeness (QED) is 0.502. The average Bonchev–Trinajstić information content (AvgIpc) is 2.18. The molecule has 1 aliphatic rings. The summed E-state index contributed by atoms with van der Waals surface area (Å²) in [6.07, 6.45) is 1.80. The Morgan fingerprint density at radius 3 is 2.89 bits per heavy atom. The van der Waals surface area contributed by atoms with Crippen molar-refractivity contribution in [2.75, 3.05) is 13.1 Å². The molecular formula is C6H10NOSi. The molecule has 0 aromatic rings. The Kier molecular flexibility index (Phi) is 2.27. The molecule has 9 heavy (non-hydrogen) atoms. The summed E-state index contributed by atoms with van der Waals surface area (Å²) >= 11 is 0. The van der Waals surface area contributed by atoms with Gasteiger partial charge in [-0.25, -0.2) is 0 Å². The van der Waals surface area contributed by atoms with Gasteiger partial charge >= 0.3 is 0 Å². The number of hydrogen-bond acceptors (Lipinski definition) is 1. The number of carbonyl (C=O) groups is 1. The van der Waals surface area contributed by atoms with Crippen molar-refractivity contribution < 1.29 is 4.79 Å². The van der Waals surface area contributed by atoms with Gasteiger partial charge in [0.05, 0.1) is 0 Å². The first kappa shape index (κ1) is 6.80. The molecule has 1 aliphatic heterocycles. The van der Waals surface area contributed by atoms with Gasteiger partial charge in [-0.05, 0) is 12.5 Å². The van der Waals surface area contributed by atoms with Crippen LogP contribution in [0.15, 0.2) is 0 Å². The highest BCUT2D eigenvalue weighted by molar-refractivity contribution is 6.08. The monoisotopic (exact) mass is 140 g/mol. The Labute approximate surface area is 58.7 Å². The summed E-state index contributed by atoms with van der Waals surface area (Å²) in [5, 5.41) is 0. The molecule has 0 saturated carbocycles. The minimum Gasteiger partial charge on any atom is -0.343 e. The minimum absolute atomic E-state index is 0.313. The molecule has 3 radical (unpaired) electrons. The van der Waals surface area contributed by atoms with Gasteiger partial charge in [-0.3, -0.25) is 4.79 Å². The molecule has 2 nitrogen and oxygen atoms in total. The Morgan fingerprint density at radius 2 is 2.44 bits per heavy atom. The highest BCUT2D eigenvalue weighted by atomic mass is 28.1. The van der Waals surface area contributed by atoms with Crippen LogP contribution < -0.4 is 0 Å². The van der Waals surface area contributed by atoms with E-state index in [1.54, 1.807) is 0 Å². The molecule has 0 N–H and O–H groups in total. The van der Waals surface area contributed by atoms with Crippen molar-refractivity contribution in [3.8, 4) is 0 Å². The van der Waals surface area contributed by atoms with Crippen molar-refractivity contribution in [3.05, 3.63) is 0 Å². The third-order valence-electron chi connectivity index (χ3n) is 1.55. The van der Waals surface area contributed by atoms with Crippen molar-refractivity contribution in [2.45, 2.75) is 18.9 Å². The fraction of sp³-hybridized carbons (Fsp3) is 0.833. The van der Waals surface area contributed by atoms with E-state index in [9.17, 15) is 4.79 Å². The van der Waals surface area contributed by atoms with E-state index in [0.717, 1.165) is 32.0 Å². The Morgan fingerprint density at radius 1 is 1.67 bits per heavy atom. The van der Waals surface area contributed by atoms with Crippen molar-refractivity contribution in [1.82, 2.24) is 4.90 Å². The van der Waals surface area contributed by atoms with Crippen molar-refractivity contribution >= 4 is 16.1 Å². The van der Waals surface area contributed by atoms with E-state index in [4.69, 9.17) is 0 Å². The molecule has 1 rings (SSSR count). The molecule has 1 saturated heterocycles. The Bertz CT molecular complexity index is 116. The van der Waals surface area contributed by atoms with Crippen LogP contribution in [0.3, 0.4) is 0 Å². The van der Waals surface area contributed by atoms with E-state index in [-0.39, 0.29) is 0 Å². The second-order valence-corrected chi connectivity index (χ2v) is 2.73. The maximum absolute atomic E-state index is 10.9.